The second kappa shape index (κ2) is 6.15. The lowest BCUT2D eigenvalue weighted by Crippen LogP contribution is -2.31. The number of nitro benzene ring substituents is 1. The molecule has 0 radical (unpaired) electrons. The number of hydrogen-bond acceptors (Lipinski definition) is 8. The number of aromatic nitrogens is 6. The first-order valence-electron chi connectivity index (χ1n) is 7.94. The molecule has 1 aliphatic carbocycles. The van der Waals surface area contributed by atoms with E-state index in [1.165, 1.54) is 6.07 Å². The summed E-state index contributed by atoms with van der Waals surface area (Å²) in [7, 11) is 0. The first-order valence-corrected chi connectivity index (χ1v) is 7.94. The Morgan fingerprint density at radius 1 is 1.23 bits per heavy atom. The highest BCUT2D eigenvalue weighted by molar-refractivity contribution is 5.83. The molecule has 0 bridgehead atoms. The summed E-state index contributed by atoms with van der Waals surface area (Å²) in [6, 6.07) is 1.27. The summed E-state index contributed by atoms with van der Waals surface area (Å²) < 4.78 is 0. The van der Waals surface area contributed by atoms with E-state index in [1.807, 2.05) is 0 Å². The van der Waals surface area contributed by atoms with E-state index in [2.05, 4.69) is 35.9 Å². The monoisotopic (exact) mass is 358 g/mol. The van der Waals surface area contributed by atoms with Crippen LogP contribution in [0.25, 0.3) is 11.0 Å². The average molecular weight is 358 g/mol. The van der Waals surface area contributed by atoms with Crippen LogP contribution < -0.4 is 16.4 Å². The van der Waals surface area contributed by atoms with Crippen molar-refractivity contribution in [3.05, 3.63) is 53.8 Å². The third-order valence-electron chi connectivity index (χ3n) is 4.49. The number of fused-ring (bicyclic) bond motifs is 3. The smallest absolute Gasteiger partial charge is 0.314 e. The molecule has 0 saturated carbocycles. The third kappa shape index (κ3) is 2.75. The summed E-state index contributed by atoms with van der Waals surface area (Å²) in [4.78, 5) is 39.1. The summed E-state index contributed by atoms with van der Waals surface area (Å²) in [5, 5.41) is 28.3. The topological polar surface area (TPSA) is 175 Å². The molecular formula is C14H14N8O4. The van der Waals surface area contributed by atoms with E-state index < -0.39 is 16.0 Å². The molecule has 1 unspecified atom stereocenters. The molecule has 2 heterocycles. The van der Waals surface area contributed by atoms with E-state index >= 15 is 0 Å². The standard InChI is InChI=1S/C14H14N8O4/c23-13-14(24)17-12-8-4-6(15-2-1-11-18-20-21-19-11)3-7(8)10(22(25)26)5-9(12)16-13/h5-6,15H,1-4H2,(H,16,23)(H,17,24)(H,18,19,20,21). The lowest BCUT2D eigenvalue weighted by molar-refractivity contribution is -0.385. The van der Waals surface area contributed by atoms with Crippen LogP contribution in [0.5, 0.6) is 0 Å². The summed E-state index contributed by atoms with van der Waals surface area (Å²) in [6.45, 7) is 0.581. The van der Waals surface area contributed by atoms with Crippen molar-refractivity contribution in [1.82, 2.24) is 35.9 Å². The van der Waals surface area contributed by atoms with Crippen molar-refractivity contribution < 1.29 is 4.92 Å². The molecule has 0 aliphatic heterocycles. The van der Waals surface area contributed by atoms with Gasteiger partial charge in [0.25, 0.3) is 5.69 Å². The summed E-state index contributed by atoms with van der Waals surface area (Å²) in [6.07, 6.45) is 1.52. The highest BCUT2D eigenvalue weighted by Crippen LogP contribution is 2.35. The van der Waals surface area contributed by atoms with Crippen molar-refractivity contribution in [3.8, 4) is 0 Å². The highest BCUT2D eigenvalue weighted by Gasteiger charge is 2.31. The average Bonchev–Trinajstić information content (AvgIpc) is 3.25. The Labute approximate surface area is 144 Å². The predicted molar refractivity (Wildman–Crippen MR) is 88.9 cm³/mol. The lowest BCUT2D eigenvalue weighted by Gasteiger charge is -2.10. The van der Waals surface area contributed by atoms with Gasteiger partial charge in [-0.05, 0) is 18.4 Å². The number of nitrogens with zero attached hydrogens (tertiary/aromatic N) is 4. The molecule has 3 aromatic rings. The summed E-state index contributed by atoms with van der Waals surface area (Å²) in [5.41, 5.74) is 0.284. The van der Waals surface area contributed by atoms with Crippen molar-refractivity contribution in [2.75, 3.05) is 6.54 Å². The van der Waals surface area contributed by atoms with Crippen LogP contribution in [0.1, 0.15) is 17.0 Å². The maximum atomic E-state index is 11.7. The van der Waals surface area contributed by atoms with E-state index in [1.54, 1.807) is 0 Å². The van der Waals surface area contributed by atoms with Crippen LogP contribution in [-0.2, 0) is 19.3 Å². The molecule has 1 aromatic carbocycles. The van der Waals surface area contributed by atoms with Crippen LogP contribution in [0, 0.1) is 10.1 Å². The van der Waals surface area contributed by atoms with Gasteiger partial charge >= 0.3 is 11.1 Å². The minimum absolute atomic E-state index is 0.0309. The Kier molecular flexibility index (Phi) is 3.80. The lowest BCUT2D eigenvalue weighted by atomic mass is 10.1. The maximum absolute atomic E-state index is 11.7. The molecule has 12 nitrogen and oxygen atoms in total. The van der Waals surface area contributed by atoms with Crippen molar-refractivity contribution >= 4 is 16.7 Å². The van der Waals surface area contributed by atoms with Crippen molar-refractivity contribution in [2.24, 2.45) is 0 Å². The van der Waals surface area contributed by atoms with Crippen LogP contribution in [0.3, 0.4) is 0 Å². The number of tetrazole rings is 1. The molecule has 1 aliphatic rings. The highest BCUT2D eigenvalue weighted by atomic mass is 16.6. The van der Waals surface area contributed by atoms with E-state index in [9.17, 15) is 19.7 Å². The molecule has 26 heavy (non-hydrogen) atoms. The van der Waals surface area contributed by atoms with Gasteiger partial charge in [-0.15, -0.1) is 10.2 Å². The van der Waals surface area contributed by atoms with E-state index in [4.69, 9.17) is 0 Å². The van der Waals surface area contributed by atoms with E-state index in [0.717, 1.165) is 0 Å². The van der Waals surface area contributed by atoms with Crippen molar-refractivity contribution in [1.29, 1.82) is 0 Å². The fourth-order valence-corrected chi connectivity index (χ4v) is 3.36. The van der Waals surface area contributed by atoms with Crippen LogP contribution in [0.15, 0.2) is 15.7 Å². The summed E-state index contributed by atoms with van der Waals surface area (Å²) in [5.74, 6) is 0.575. The minimum Gasteiger partial charge on any atom is -0.316 e. The largest absolute Gasteiger partial charge is 0.316 e. The molecule has 4 N–H and O–H groups in total. The Balaban J connectivity index is 1.65. The molecular weight excluding hydrogens is 344 g/mol. The number of aromatic amines is 3. The number of H-pyrrole nitrogens is 3. The third-order valence-corrected chi connectivity index (χ3v) is 4.49. The molecule has 0 amide bonds. The Bertz CT molecular complexity index is 1100. The van der Waals surface area contributed by atoms with Gasteiger partial charge in [-0.2, -0.15) is 5.21 Å². The number of nitro groups is 1. The minimum atomic E-state index is -0.834. The predicted octanol–water partition coefficient (Wildman–Crippen LogP) is -1.06. The molecule has 0 fully saturated rings. The second-order valence-electron chi connectivity index (χ2n) is 6.08. The Hall–Kier alpha value is -3.41. The normalized spacial score (nSPS) is 16.1. The molecule has 1 atom stereocenters. The molecule has 12 heteroatoms. The van der Waals surface area contributed by atoms with Gasteiger partial charge in [0.15, 0.2) is 5.82 Å². The first-order chi connectivity index (χ1) is 12.5. The van der Waals surface area contributed by atoms with Gasteiger partial charge in [-0.1, -0.05) is 5.21 Å². The van der Waals surface area contributed by atoms with Crippen LogP contribution in [-0.4, -0.2) is 48.1 Å². The zero-order valence-corrected chi connectivity index (χ0v) is 13.4. The number of hydrogen-bond donors (Lipinski definition) is 4. The fraction of sp³-hybridized carbons (Fsp3) is 0.357. The van der Waals surface area contributed by atoms with E-state index in [0.29, 0.717) is 48.3 Å². The SMILES string of the molecule is O=c1[nH]c2cc([N+](=O)[O-])c3c(c2[nH]c1=O)CC(NCCc1nn[nH]n1)C3. The quantitative estimate of drug-likeness (QED) is 0.253. The molecule has 4 rings (SSSR count). The zero-order valence-electron chi connectivity index (χ0n) is 13.4. The van der Waals surface area contributed by atoms with Crippen LogP contribution in [0.2, 0.25) is 0 Å². The molecule has 134 valence electrons. The van der Waals surface area contributed by atoms with E-state index in [-0.39, 0.29) is 17.2 Å². The Morgan fingerprint density at radius 3 is 2.73 bits per heavy atom. The number of benzene rings is 1. The van der Waals surface area contributed by atoms with Gasteiger partial charge in [0.1, 0.15) is 0 Å². The molecule has 0 spiro atoms. The number of rotatable bonds is 5. The van der Waals surface area contributed by atoms with Gasteiger partial charge < -0.3 is 15.3 Å². The van der Waals surface area contributed by atoms with Gasteiger partial charge in [0.05, 0.1) is 16.0 Å². The van der Waals surface area contributed by atoms with Gasteiger partial charge in [0, 0.05) is 30.6 Å². The van der Waals surface area contributed by atoms with Crippen molar-refractivity contribution in [2.45, 2.75) is 25.3 Å². The maximum Gasteiger partial charge on any atom is 0.314 e. The summed E-state index contributed by atoms with van der Waals surface area (Å²) >= 11 is 0. The first kappa shape index (κ1) is 16.1. The fourth-order valence-electron chi connectivity index (χ4n) is 3.36. The number of nitrogens with one attached hydrogen (secondary N) is 4. The Morgan fingerprint density at radius 2 is 2.00 bits per heavy atom. The van der Waals surface area contributed by atoms with Crippen LogP contribution in [0.4, 0.5) is 5.69 Å². The van der Waals surface area contributed by atoms with Gasteiger partial charge in [-0.25, -0.2) is 0 Å². The van der Waals surface area contributed by atoms with Gasteiger partial charge in [0.2, 0.25) is 0 Å². The van der Waals surface area contributed by atoms with Crippen LogP contribution >= 0.6 is 0 Å². The zero-order chi connectivity index (χ0) is 18.3. The molecule has 0 saturated heterocycles. The van der Waals surface area contributed by atoms with Gasteiger partial charge in [-0.3, -0.25) is 19.7 Å². The second-order valence-corrected chi connectivity index (χ2v) is 6.08. The van der Waals surface area contributed by atoms with Crippen molar-refractivity contribution in [3.63, 3.8) is 0 Å². The molecule has 2 aromatic heterocycles.